The minimum absolute atomic E-state index is 0.0710. The van der Waals surface area contributed by atoms with Gasteiger partial charge >= 0.3 is 7.12 Å². The van der Waals surface area contributed by atoms with E-state index in [-0.39, 0.29) is 22.6 Å². The predicted octanol–water partition coefficient (Wildman–Crippen LogP) is 2.63. The van der Waals surface area contributed by atoms with E-state index in [1.54, 1.807) is 18.2 Å². The molecular formula is C28H31BN2O6S. The molecule has 0 spiro atoms. The lowest BCUT2D eigenvalue weighted by molar-refractivity contribution is -0.124. The number of pyridine rings is 1. The van der Waals surface area contributed by atoms with E-state index in [2.05, 4.69) is 10.3 Å². The topological polar surface area (TPSA) is 134 Å². The van der Waals surface area contributed by atoms with Crippen LogP contribution in [0.4, 0.5) is 0 Å². The lowest BCUT2D eigenvalue weighted by Gasteiger charge is -2.30. The Kier molecular flexibility index (Phi) is 9.09. The van der Waals surface area contributed by atoms with Gasteiger partial charge in [-0.1, -0.05) is 67.8 Å². The molecule has 2 aromatic carbocycles. The molecule has 1 saturated carbocycles. The third-order valence-corrected chi connectivity index (χ3v) is 8.78. The van der Waals surface area contributed by atoms with E-state index < -0.39 is 46.3 Å². The molecule has 4 rings (SSSR count). The Labute approximate surface area is 223 Å². The van der Waals surface area contributed by atoms with Crippen molar-refractivity contribution in [2.45, 2.75) is 42.9 Å². The van der Waals surface area contributed by atoms with Gasteiger partial charge in [-0.2, -0.15) is 0 Å². The summed E-state index contributed by atoms with van der Waals surface area (Å²) in [6.07, 6.45) is 5.07. The maximum absolute atomic E-state index is 13.5. The molecule has 0 radical (unpaired) electrons. The van der Waals surface area contributed by atoms with Crippen LogP contribution in [-0.2, 0) is 21.1 Å². The molecule has 1 amide bonds. The van der Waals surface area contributed by atoms with Gasteiger partial charge < -0.3 is 15.4 Å². The second kappa shape index (κ2) is 12.5. The molecule has 1 aliphatic rings. The summed E-state index contributed by atoms with van der Waals surface area (Å²) in [6, 6.07) is 19.7. The van der Waals surface area contributed by atoms with Crippen LogP contribution in [0.15, 0.2) is 83.9 Å². The van der Waals surface area contributed by atoms with Gasteiger partial charge in [-0.25, -0.2) is 8.42 Å². The number of sulfone groups is 1. The fourth-order valence-electron chi connectivity index (χ4n) is 4.61. The highest BCUT2D eigenvalue weighted by atomic mass is 32.2. The quantitative estimate of drug-likeness (QED) is 0.240. The first-order valence-corrected chi connectivity index (χ1v) is 14.4. The summed E-state index contributed by atoms with van der Waals surface area (Å²) in [5, 5.41) is 22.4. The summed E-state index contributed by atoms with van der Waals surface area (Å²) < 4.78 is 27.0. The van der Waals surface area contributed by atoms with Crippen LogP contribution in [0.2, 0.25) is 0 Å². The Morgan fingerprint density at radius 2 is 1.74 bits per heavy atom. The predicted molar refractivity (Wildman–Crippen MR) is 144 cm³/mol. The molecule has 10 heteroatoms. The summed E-state index contributed by atoms with van der Waals surface area (Å²) in [5.74, 6) is -3.04. The smallest absolute Gasteiger partial charge is 0.426 e. The zero-order valence-corrected chi connectivity index (χ0v) is 21.8. The SMILES string of the molecule is O=C(c1cccc(S(=O)(=O)C[C@@H](Cc2ccccc2)C(=O)N[C@@H](CC2CCC2)B(O)O)c1)c1ccccn1. The summed E-state index contributed by atoms with van der Waals surface area (Å²) in [7, 11) is -5.74. The number of carbonyl (C=O) groups is 2. The Morgan fingerprint density at radius 3 is 2.37 bits per heavy atom. The summed E-state index contributed by atoms with van der Waals surface area (Å²) in [6.45, 7) is 0. The molecule has 0 aliphatic heterocycles. The van der Waals surface area contributed by atoms with E-state index in [9.17, 15) is 28.1 Å². The first kappa shape index (κ1) is 27.7. The average molecular weight is 534 g/mol. The average Bonchev–Trinajstić information content (AvgIpc) is 2.90. The summed E-state index contributed by atoms with van der Waals surface area (Å²) in [5.41, 5.74) is 1.16. The highest BCUT2D eigenvalue weighted by Gasteiger charge is 2.34. The molecule has 0 unspecified atom stereocenters. The lowest BCUT2D eigenvalue weighted by atomic mass is 9.69. The fourth-order valence-corrected chi connectivity index (χ4v) is 6.19. The number of carbonyl (C=O) groups excluding carboxylic acids is 2. The second-order valence-electron chi connectivity index (χ2n) is 9.80. The van der Waals surface area contributed by atoms with E-state index >= 15 is 0 Å². The van der Waals surface area contributed by atoms with E-state index in [1.807, 2.05) is 30.3 Å². The van der Waals surface area contributed by atoms with Crippen LogP contribution in [0, 0.1) is 11.8 Å². The second-order valence-corrected chi connectivity index (χ2v) is 11.8. The molecule has 0 bridgehead atoms. The summed E-state index contributed by atoms with van der Waals surface area (Å²) in [4.78, 5) is 30.2. The van der Waals surface area contributed by atoms with E-state index in [1.165, 1.54) is 30.5 Å². The van der Waals surface area contributed by atoms with E-state index in [4.69, 9.17) is 0 Å². The van der Waals surface area contributed by atoms with Gasteiger partial charge in [-0.3, -0.25) is 14.6 Å². The molecule has 1 aromatic heterocycles. The normalized spacial score (nSPS) is 15.2. The van der Waals surface area contributed by atoms with Gasteiger partial charge in [0.05, 0.1) is 22.5 Å². The zero-order valence-electron chi connectivity index (χ0n) is 20.9. The number of aromatic nitrogens is 1. The van der Waals surface area contributed by atoms with Crippen LogP contribution >= 0.6 is 0 Å². The van der Waals surface area contributed by atoms with Crippen LogP contribution in [0.1, 0.15) is 47.3 Å². The van der Waals surface area contributed by atoms with Gasteiger partial charge in [0.15, 0.2) is 9.84 Å². The molecule has 2 atom stereocenters. The van der Waals surface area contributed by atoms with Crippen molar-refractivity contribution in [3.8, 4) is 0 Å². The van der Waals surface area contributed by atoms with Gasteiger partial charge in [0.1, 0.15) is 5.69 Å². The molecule has 3 aromatic rings. The molecule has 0 saturated heterocycles. The van der Waals surface area contributed by atoms with Gasteiger partial charge in [0.25, 0.3) is 0 Å². The number of nitrogens with zero attached hydrogens (tertiary/aromatic N) is 1. The van der Waals surface area contributed by atoms with Crippen molar-refractivity contribution in [3.63, 3.8) is 0 Å². The van der Waals surface area contributed by atoms with Gasteiger partial charge in [0.2, 0.25) is 11.7 Å². The fraction of sp³-hybridized carbons (Fsp3) is 0.321. The van der Waals surface area contributed by atoms with Crippen molar-refractivity contribution < 1.29 is 28.1 Å². The molecule has 198 valence electrons. The third kappa shape index (κ3) is 7.15. The Balaban J connectivity index is 1.56. The van der Waals surface area contributed by atoms with Crippen molar-refractivity contribution in [1.29, 1.82) is 0 Å². The van der Waals surface area contributed by atoms with Crippen molar-refractivity contribution in [2.24, 2.45) is 11.8 Å². The Morgan fingerprint density at radius 1 is 1.00 bits per heavy atom. The zero-order chi connectivity index (χ0) is 27.1. The van der Waals surface area contributed by atoms with Gasteiger partial charge in [-0.05, 0) is 48.6 Å². The number of amides is 1. The number of benzene rings is 2. The van der Waals surface area contributed by atoms with Crippen molar-refractivity contribution in [3.05, 3.63) is 95.8 Å². The number of hydrogen-bond donors (Lipinski definition) is 3. The molecule has 1 heterocycles. The number of ketones is 1. The third-order valence-electron chi connectivity index (χ3n) is 6.97. The number of hydrogen-bond acceptors (Lipinski definition) is 7. The largest absolute Gasteiger partial charge is 0.475 e. The molecular weight excluding hydrogens is 503 g/mol. The van der Waals surface area contributed by atoms with Crippen LogP contribution in [-0.4, -0.2) is 54.0 Å². The minimum Gasteiger partial charge on any atom is -0.426 e. The number of rotatable bonds is 12. The molecule has 38 heavy (non-hydrogen) atoms. The highest BCUT2D eigenvalue weighted by molar-refractivity contribution is 7.91. The summed E-state index contributed by atoms with van der Waals surface area (Å²) >= 11 is 0. The van der Waals surface area contributed by atoms with Crippen LogP contribution < -0.4 is 5.32 Å². The lowest BCUT2D eigenvalue weighted by Crippen LogP contribution is -2.50. The standard InChI is InChI=1S/C28H31BN2O6S/c32-27(25-14-4-5-15-30-25)22-12-7-13-24(18-22)38(36,37)19-23(16-20-8-2-1-3-9-20)28(33)31-26(29(34)35)17-21-10-6-11-21/h1-5,7-9,12-15,18,21,23,26,34-35H,6,10-11,16-17,19H2,(H,31,33)/t23-,26+/m1/s1. The first-order chi connectivity index (χ1) is 18.2. The maximum atomic E-state index is 13.5. The Bertz CT molecular complexity index is 1350. The number of nitrogens with one attached hydrogen (secondary N) is 1. The van der Waals surface area contributed by atoms with Crippen molar-refractivity contribution in [2.75, 3.05) is 5.75 Å². The van der Waals surface area contributed by atoms with Crippen LogP contribution in [0.25, 0.3) is 0 Å². The monoisotopic (exact) mass is 534 g/mol. The highest BCUT2D eigenvalue weighted by Crippen LogP contribution is 2.31. The molecule has 8 nitrogen and oxygen atoms in total. The first-order valence-electron chi connectivity index (χ1n) is 12.7. The van der Waals surface area contributed by atoms with Crippen molar-refractivity contribution in [1.82, 2.24) is 10.3 Å². The van der Waals surface area contributed by atoms with Crippen LogP contribution in [0.3, 0.4) is 0 Å². The van der Waals surface area contributed by atoms with E-state index in [0.717, 1.165) is 24.8 Å². The molecule has 1 aliphatic carbocycles. The minimum atomic E-state index is -3.99. The van der Waals surface area contributed by atoms with Gasteiger partial charge in [-0.15, -0.1) is 0 Å². The molecule has 1 fully saturated rings. The molecule has 3 N–H and O–H groups in total. The Hall–Kier alpha value is -3.34. The van der Waals surface area contributed by atoms with E-state index in [0.29, 0.717) is 12.3 Å². The van der Waals surface area contributed by atoms with Gasteiger partial charge in [0, 0.05) is 11.8 Å². The maximum Gasteiger partial charge on any atom is 0.475 e. The van der Waals surface area contributed by atoms with Crippen molar-refractivity contribution >= 4 is 28.6 Å². The van der Waals surface area contributed by atoms with Crippen LogP contribution in [0.5, 0.6) is 0 Å².